The van der Waals surface area contributed by atoms with E-state index in [9.17, 15) is 9.59 Å². The van der Waals surface area contributed by atoms with Crippen LogP contribution in [-0.4, -0.2) is 30.5 Å². The average Bonchev–Trinajstić information content (AvgIpc) is 2.75. The SMILES string of the molecule is O=C1NC2CC(C(=O)NCCc3ccccc3)CCC2O/C1=C\c1ccccc1. The Hall–Kier alpha value is -3.08. The lowest BCUT2D eigenvalue weighted by Gasteiger charge is -2.39. The second-order valence-corrected chi connectivity index (χ2v) is 7.69. The fourth-order valence-corrected chi connectivity index (χ4v) is 4.05. The molecule has 150 valence electrons. The van der Waals surface area contributed by atoms with E-state index in [1.807, 2.05) is 48.5 Å². The lowest BCUT2D eigenvalue weighted by Crippen LogP contribution is -2.54. The van der Waals surface area contributed by atoms with E-state index >= 15 is 0 Å². The fraction of sp³-hybridized carbons (Fsp3) is 0.333. The smallest absolute Gasteiger partial charge is 0.286 e. The van der Waals surface area contributed by atoms with Gasteiger partial charge in [-0.1, -0.05) is 60.7 Å². The van der Waals surface area contributed by atoms with E-state index in [-0.39, 0.29) is 29.9 Å². The zero-order valence-electron chi connectivity index (χ0n) is 16.3. The van der Waals surface area contributed by atoms with Crippen LogP contribution < -0.4 is 10.6 Å². The highest BCUT2D eigenvalue weighted by atomic mass is 16.5. The predicted octanol–water partition coefficient (Wildman–Crippen LogP) is 3.07. The van der Waals surface area contributed by atoms with Gasteiger partial charge >= 0.3 is 0 Å². The molecule has 2 aliphatic rings. The number of hydrogen-bond donors (Lipinski definition) is 2. The lowest BCUT2D eigenvalue weighted by molar-refractivity contribution is -0.134. The maximum absolute atomic E-state index is 12.6. The molecule has 3 atom stereocenters. The molecule has 1 saturated heterocycles. The largest absolute Gasteiger partial charge is 0.483 e. The van der Waals surface area contributed by atoms with Crippen molar-refractivity contribution in [3.05, 3.63) is 77.5 Å². The molecule has 2 aromatic carbocycles. The Kier molecular flexibility index (Phi) is 5.94. The van der Waals surface area contributed by atoms with Crippen molar-refractivity contribution < 1.29 is 14.3 Å². The number of ether oxygens (including phenoxy) is 1. The topological polar surface area (TPSA) is 67.4 Å². The van der Waals surface area contributed by atoms with E-state index in [4.69, 9.17) is 4.74 Å². The number of carbonyl (C=O) groups is 2. The molecule has 1 aliphatic heterocycles. The van der Waals surface area contributed by atoms with Crippen molar-refractivity contribution in [2.45, 2.75) is 37.8 Å². The van der Waals surface area contributed by atoms with Crippen molar-refractivity contribution in [1.82, 2.24) is 10.6 Å². The summed E-state index contributed by atoms with van der Waals surface area (Å²) in [5.41, 5.74) is 2.14. The van der Waals surface area contributed by atoms with Crippen LogP contribution in [0.15, 0.2) is 66.4 Å². The number of nitrogens with one attached hydrogen (secondary N) is 2. The van der Waals surface area contributed by atoms with Gasteiger partial charge in [0.05, 0.1) is 6.04 Å². The molecule has 0 bridgehead atoms. The quantitative estimate of drug-likeness (QED) is 0.771. The molecule has 29 heavy (non-hydrogen) atoms. The predicted molar refractivity (Wildman–Crippen MR) is 112 cm³/mol. The van der Waals surface area contributed by atoms with Gasteiger partial charge in [0.15, 0.2) is 5.76 Å². The third kappa shape index (κ3) is 4.86. The Labute approximate surface area is 171 Å². The Bertz CT molecular complexity index is 880. The number of carbonyl (C=O) groups excluding carboxylic acids is 2. The molecule has 0 spiro atoms. The van der Waals surface area contributed by atoms with Crippen LogP contribution in [0.25, 0.3) is 6.08 Å². The summed E-state index contributed by atoms with van der Waals surface area (Å²) in [6.07, 6.45) is 4.66. The third-order valence-corrected chi connectivity index (χ3v) is 5.63. The summed E-state index contributed by atoms with van der Waals surface area (Å²) in [7, 11) is 0. The first-order chi connectivity index (χ1) is 14.2. The van der Waals surface area contributed by atoms with Crippen molar-refractivity contribution in [3.8, 4) is 0 Å². The van der Waals surface area contributed by atoms with E-state index in [2.05, 4.69) is 22.8 Å². The van der Waals surface area contributed by atoms with Crippen LogP contribution in [0.5, 0.6) is 0 Å². The molecule has 1 aliphatic carbocycles. The van der Waals surface area contributed by atoms with Gasteiger partial charge in [0.25, 0.3) is 5.91 Å². The van der Waals surface area contributed by atoms with Crippen molar-refractivity contribution in [3.63, 3.8) is 0 Å². The zero-order valence-corrected chi connectivity index (χ0v) is 16.3. The maximum atomic E-state index is 12.6. The molecule has 0 radical (unpaired) electrons. The van der Waals surface area contributed by atoms with Crippen LogP contribution in [0.3, 0.4) is 0 Å². The van der Waals surface area contributed by atoms with Gasteiger partial charge < -0.3 is 15.4 Å². The average molecular weight is 390 g/mol. The zero-order chi connectivity index (χ0) is 20.1. The van der Waals surface area contributed by atoms with Crippen LogP contribution in [0, 0.1) is 5.92 Å². The summed E-state index contributed by atoms with van der Waals surface area (Å²) in [5, 5.41) is 6.09. The molecule has 4 rings (SSSR count). The van der Waals surface area contributed by atoms with Gasteiger partial charge in [0.1, 0.15) is 6.10 Å². The summed E-state index contributed by atoms with van der Waals surface area (Å²) in [4.78, 5) is 25.0. The molecule has 0 aromatic heterocycles. The standard InChI is InChI=1S/C24H26N2O3/c27-23(25-14-13-17-7-3-1-4-8-17)19-11-12-21-20(16-19)26-24(28)22(29-21)15-18-9-5-2-6-10-18/h1-10,15,19-21H,11-14,16H2,(H,25,27)(H,26,28)/b22-15-. The molecule has 1 heterocycles. The third-order valence-electron chi connectivity index (χ3n) is 5.63. The van der Waals surface area contributed by atoms with E-state index < -0.39 is 0 Å². The Morgan fingerprint density at radius 3 is 2.55 bits per heavy atom. The van der Waals surface area contributed by atoms with E-state index in [0.717, 1.165) is 24.8 Å². The Balaban J connectivity index is 1.30. The van der Waals surface area contributed by atoms with Crippen molar-refractivity contribution >= 4 is 17.9 Å². The molecular weight excluding hydrogens is 364 g/mol. The molecule has 2 aromatic rings. The minimum Gasteiger partial charge on any atom is -0.483 e. The number of morpholine rings is 1. The summed E-state index contributed by atoms with van der Waals surface area (Å²) in [6, 6.07) is 19.7. The van der Waals surface area contributed by atoms with Crippen molar-refractivity contribution in [2.75, 3.05) is 6.54 Å². The number of fused-ring (bicyclic) bond motifs is 1. The van der Waals surface area contributed by atoms with E-state index in [0.29, 0.717) is 18.7 Å². The molecule has 1 saturated carbocycles. The van der Waals surface area contributed by atoms with Gasteiger partial charge in [0.2, 0.25) is 5.91 Å². The maximum Gasteiger partial charge on any atom is 0.286 e. The molecule has 3 unspecified atom stereocenters. The van der Waals surface area contributed by atoms with Gasteiger partial charge in [-0.05, 0) is 42.9 Å². The summed E-state index contributed by atoms with van der Waals surface area (Å²) in [5.74, 6) is 0.123. The highest BCUT2D eigenvalue weighted by Gasteiger charge is 2.40. The van der Waals surface area contributed by atoms with Crippen molar-refractivity contribution in [2.24, 2.45) is 5.92 Å². The van der Waals surface area contributed by atoms with Crippen LogP contribution in [0.4, 0.5) is 0 Å². The van der Waals surface area contributed by atoms with Crippen LogP contribution in [-0.2, 0) is 20.7 Å². The number of amides is 2. The fourth-order valence-electron chi connectivity index (χ4n) is 4.05. The van der Waals surface area contributed by atoms with Crippen LogP contribution in [0.1, 0.15) is 30.4 Å². The van der Waals surface area contributed by atoms with Gasteiger partial charge in [-0.15, -0.1) is 0 Å². The van der Waals surface area contributed by atoms with Crippen LogP contribution in [0.2, 0.25) is 0 Å². The van der Waals surface area contributed by atoms with Gasteiger partial charge in [-0.2, -0.15) is 0 Å². The second-order valence-electron chi connectivity index (χ2n) is 7.69. The Morgan fingerprint density at radius 2 is 1.79 bits per heavy atom. The first kappa shape index (κ1) is 19.2. The summed E-state index contributed by atoms with van der Waals surface area (Å²) < 4.78 is 5.99. The number of hydrogen-bond acceptors (Lipinski definition) is 3. The Morgan fingerprint density at radius 1 is 1.07 bits per heavy atom. The molecule has 2 fully saturated rings. The minimum absolute atomic E-state index is 0.0688. The summed E-state index contributed by atoms with van der Waals surface area (Å²) in [6.45, 7) is 0.625. The van der Waals surface area contributed by atoms with Gasteiger partial charge in [-0.3, -0.25) is 9.59 Å². The molecule has 5 nitrogen and oxygen atoms in total. The second kappa shape index (κ2) is 8.95. The first-order valence-electron chi connectivity index (χ1n) is 10.2. The minimum atomic E-state index is -0.208. The summed E-state index contributed by atoms with van der Waals surface area (Å²) >= 11 is 0. The normalized spacial score (nSPS) is 24.9. The van der Waals surface area contributed by atoms with Gasteiger partial charge in [0, 0.05) is 12.5 Å². The van der Waals surface area contributed by atoms with E-state index in [1.165, 1.54) is 5.56 Å². The highest BCUT2D eigenvalue weighted by molar-refractivity contribution is 5.96. The monoisotopic (exact) mass is 390 g/mol. The lowest BCUT2D eigenvalue weighted by atomic mass is 9.82. The number of rotatable bonds is 5. The molecule has 5 heteroatoms. The van der Waals surface area contributed by atoms with Gasteiger partial charge in [-0.25, -0.2) is 0 Å². The number of benzene rings is 2. The van der Waals surface area contributed by atoms with Crippen LogP contribution >= 0.6 is 0 Å². The van der Waals surface area contributed by atoms with E-state index in [1.54, 1.807) is 6.08 Å². The highest BCUT2D eigenvalue weighted by Crippen LogP contribution is 2.31. The molecule has 2 amide bonds. The molecule has 2 N–H and O–H groups in total. The molecular formula is C24H26N2O3. The first-order valence-corrected chi connectivity index (χ1v) is 10.2. The van der Waals surface area contributed by atoms with Crippen molar-refractivity contribution in [1.29, 1.82) is 0 Å².